The van der Waals surface area contributed by atoms with E-state index in [1.54, 1.807) is 11.3 Å². The van der Waals surface area contributed by atoms with E-state index < -0.39 is 6.04 Å². The van der Waals surface area contributed by atoms with Crippen LogP contribution in [0.3, 0.4) is 0 Å². The van der Waals surface area contributed by atoms with Gasteiger partial charge in [0, 0.05) is 26.1 Å². The molecule has 9 rings (SSSR count). The fourth-order valence-corrected chi connectivity index (χ4v) is 8.24. The molecule has 220 valence electrons. The van der Waals surface area contributed by atoms with Crippen LogP contribution in [0.25, 0.3) is 86.6 Å². The smallest absolute Gasteiger partial charge is 0.0629 e. The molecule has 0 saturated carbocycles. The molecular formula is C46H30S. The monoisotopic (exact) mass is 619 g/mol. The molecule has 47 heavy (non-hydrogen) atoms. The Bertz CT molecular complexity index is 2790. The van der Waals surface area contributed by atoms with Crippen LogP contribution in [0.2, 0.25) is 0 Å². The van der Waals surface area contributed by atoms with E-state index in [9.17, 15) is 0 Å². The Labute approximate surface area is 285 Å². The predicted octanol–water partition coefficient (Wildman–Crippen LogP) is 13.5. The normalized spacial score (nSPS) is 12.9. The maximum Gasteiger partial charge on any atom is 0.0629 e. The lowest BCUT2D eigenvalue weighted by Crippen LogP contribution is -1.91. The molecule has 0 nitrogen and oxygen atoms in total. The molecule has 0 aliphatic heterocycles. The van der Waals surface area contributed by atoms with Crippen molar-refractivity contribution in [1.82, 2.24) is 0 Å². The van der Waals surface area contributed by atoms with Gasteiger partial charge in [-0.2, -0.15) is 0 Å². The van der Waals surface area contributed by atoms with Crippen molar-refractivity contribution in [2.24, 2.45) is 0 Å². The largest absolute Gasteiger partial charge is 0.134 e. The second-order valence-electron chi connectivity index (χ2n) is 11.7. The summed E-state index contributed by atoms with van der Waals surface area (Å²) in [7, 11) is 0. The molecule has 0 unspecified atom stereocenters. The third kappa shape index (κ3) is 4.76. The van der Waals surface area contributed by atoms with Gasteiger partial charge in [-0.1, -0.05) is 176 Å². The summed E-state index contributed by atoms with van der Waals surface area (Å²) in [4.78, 5) is 1.10. The van der Waals surface area contributed by atoms with E-state index in [1.807, 2.05) is 30.3 Å². The summed E-state index contributed by atoms with van der Waals surface area (Å²) in [5.74, 6) is 0. The molecule has 1 heteroatoms. The summed E-state index contributed by atoms with van der Waals surface area (Å²) >= 11 is 1.78. The van der Waals surface area contributed by atoms with E-state index in [4.69, 9.17) is 6.85 Å². The first-order chi connectivity index (χ1) is 25.4. The third-order valence-corrected chi connectivity index (χ3v) is 10.2. The topological polar surface area (TPSA) is 0 Å². The third-order valence-electron chi connectivity index (χ3n) is 8.95. The molecule has 1 aromatic heterocycles. The van der Waals surface area contributed by atoms with Crippen LogP contribution in [0.1, 0.15) is 6.85 Å². The van der Waals surface area contributed by atoms with Crippen molar-refractivity contribution in [3.63, 3.8) is 0 Å². The molecule has 0 atom stereocenters. The Hall–Kier alpha value is -5.76. The highest BCUT2D eigenvalue weighted by Crippen LogP contribution is 2.54. The Morgan fingerprint density at radius 1 is 0.383 bits per heavy atom. The van der Waals surface area contributed by atoms with Gasteiger partial charge in [-0.3, -0.25) is 0 Å². The van der Waals surface area contributed by atoms with Gasteiger partial charge in [-0.25, -0.2) is 0 Å². The van der Waals surface area contributed by atoms with Gasteiger partial charge in [0.25, 0.3) is 0 Å². The van der Waals surface area contributed by atoms with Crippen LogP contribution in [-0.2, 0) is 0 Å². The summed E-state index contributed by atoms with van der Waals surface area (Å²) < 4.78 is 42.8. The van der Waals surface area contributed by atoms with E-state index in [2.05, 4.69) is 121 Å². The maximum atomic E-state index is 8.56. The summed E-state index contributed by atoms with van der Waals surface area (Å²) in [6.45, 7) is 0. The first-order valence-corrected chi connectivity index (χ1v) is 16.5. The average Bonchev–Trinajstić information content (AvgIpc) is 3.60. The van der Waals surface area contributed by atoms with Crippen molar-refractivity contribution in [2.75, 3.05) is 0 Å². The van der Waals surface area contributed by atoms with Gasteiger partial charge in [-0.05, 0) is 66.6 Å². The number of hydrogen-bond donors (Lipinski definition) is 0. The first-order valence-electron chi connectivity index (χ1n) is 18.2. The lowest BCUT2D eigenvalue weighted by atomic mass is 9.85. The Morgan fingerprint density at radius 2 is 0.957 bits per heavy atom. The molecular weight excluding hydrogens is 585 g/mol. The highest BCUT2D eigenvalue weighted by molar-refractivity contribution is 7.24. The number of hydrogen-bond acceptors (Lipinski definition) is 1. The quantitative estimate of drug-likeness (QED) is 0.180. The van der Waals surface area contributed by atoms with Gasteiger partial charge in [0.1, 0.15) is 0 Å². The minimum Gasteiger partial charge on any atom is -0.134 e. The fraction of sp³-hybridized carbons (Fsp3) is 0. The number of rotatable bonds is 5. The zero-order valence-electron chi connectivity index (χ0n) is 30.3. The van der Waals surface area contributed by atoms with Crippen LogP contribution in [0.15, 0.2) is 182 Å². The van der Waals surface area contributed by atoms with Gasteiger partial charge < -0.3 is 0 Å². The highest BCUT2D eigenvalue weighted by Gasteiger charge is 2.25. The van der Waals surface area contributed by atoms with Crippen LogP contribution in [0.5, 0.6) is 0 Å². The van der Waals surface area contributed by atoms with Crippen LogP contribution in [-0.4, -0.2) is 0 Å². The van der Waals surface area contributed by atoms with E-state index >= 15 is 0 Å². The van der Waals surface area contributed by atoms with Crippen molar-refractivity contribution in [2.45, 2.75) is 0 Å². The lowest BCUT2D eigenvalue weighted by Gasteiger charge is -2.18. The Morgan fingerprint density at radius 3 is 1.68 bits per heavy atom. The SMILES string of the molecule is [2H]c1c([2H])c([2H])c(-c2ccc(-c3sc4c(-c5ccccc5)c(-c5ccc6ccccc6c5)c5ccccc5c4c3-c3ccccc3)cc2)c([2H])c1[2H]. The molecule has 0 aliphatic rings. The molecule has 0 spiro atoms. The zero-order chi connectivity index (χ0) is 35.5. The summed E-state index contributed by atoms with van der Waals surface area (Å²) in [6, 6.07) is 51.5. The van der Waals surface area contributed by atoms with Gasteiger partial charge in [0.15, 0.2) is 0 Å². The second kappa shape index (κ2) is 11.6. The van der Waals surface area contributed by atoms with Crippen molar-refractivity contribution in [1.29, 1.82) is 0 Å². The van der Waals surface area contributed by atoms with Crippen molar-refractivity contribution >= 4 is 43.0 Å². The van der Waals surface area contributed by atoms with E-state index in [1.165, 1.54) is 42.8 Å². The van der Waals surface area contributed by atoms with Crippen LogP contribution < -0.4 is 0 Å². The highest BCUT2D eigenvalue weighted by atomic mass is 32.1. The van der Waals surface area contributed by atoms with E-state index in [0.717, 1.165) is 32.7 Å². The number of thiophene rings is 1. The molecule has 0 radical (unpaired) electrons. The standard InChI is InChI=1S/C46H30S/c1-4-14-31(15-5-1)33-24-27-36(28-25-33)45-43(35-19-8-3-9-20-35)44-40-23-13-12-22-39(40)41(38-29-26-32-16-10-11-21-37(32)30-38)42(46(44)47-45)34-17-6-2-7-18-34/h1-30H/i1D,4D,5D,14D,15D. The molecule has 0 N–H and O–H groups in total. The molecule has 9 aromatic rings. The minimum absolute atomic E-state index is 0.203. The van der Waals surface area contributed by atoms with Crippen LogP contribution in [0, 0.1) is 0 Å². The molecule has 1 heterocycles. The fourth-order valence-electron chi connectivity index (χ4n) is 6.82. The first kappa shape index (κ1) is 22.7. The van der Waals surface area contributed by atoms with Crippen molar-refractivity contribution < 1.29 is 6.85 Å². The zero-order valence-corrected chi connectivity index (χ0v) is 26.2. The van der Waals surface area contributed by atoms with Gasteiger partial charge >= 0.3 is 0 Å². The lowest BCUT2D eigenvalue weighted by molar-refractivity contribution is 1.61. The molecule has 0 bridgehead atoms. The van der Waals surface area contributed by atoms with Gasteiger partial charge in [0.05, 0.1) is 6.85 Å². The van der Waals surface area contributed by atoms with Gasteiger partial charge in [0.2, 0.25) is 0 Å². The van der Waals surface area contributed by atoms with Crippen molar-refractivity contribution in [3.05, 3.63) is 182 Å². The summed E-state index contributed by atoms with van der Waals surface area (Å²) in [6.07, 6.45) is 0. The van der Waals surface area contributed by atoms with Crippen LogP contribution >= 0.6 is 11.3 Å². The van der Waals surface area contributed by atoms with E-state index in [0.29, 0.717) is 5.56 Å². The molecule has 8 aromatic carbocycles. The minimum atomic E-state index is -0.391. The number of benzene rings is 8. The Balaban J connectivity index is 1.38. The predicted molar refractivity (Wildman–Crippen MR) is 204 cm³/mol. The van der Waals surface area contributed by atoms with Gasteiger partial charge in [-0.15, -0.1) is 11.3 Å². The molecule has 0 fully saturated rings. The Kier molecular flexibility index (Phi) is 5.58. The summed E-state index contributed by atoms with van der Waals surface area (Å²) in [5.41, 5.74) is 8.73. The number of fused-ring (bicyclic) bond motifs is 4. The maximum absolute atomic E-state index is 8.56. The van der Waals surface area contributed by atoms with Crippen molar-refractivity contribution in [3.8, 4) is 54.9 Å². The summed E-state index contributed by atoms with van der Waals surface area (Å²) in [5, 5.41) is 5.95. The molecule has 0 saturated heterocycles. The van der Waals surface area contributed by atoms with E-state index in [-0.39, 0.29) is 29.7 Å². The second-order valence-corrected chi connectivity index (χ2v) is 12.7. The molecule has 0 amide bonds. The molecule has 0 aliphatic carbocycles. The van der Waals surface area contributed by atoms with Crippen LogP contribution in [0.4, 0.5) is 0 Å². The average molecular weight is 620 g/mol.